The lowest BCUT2D eigenvalue weighted by molar-refractivity contribution is -0.199. The molecule has 0 spiro atoms. The number of rotatable bonds is 1. The Morgan fingerprint density at radius 2 is 1.71 bits per heavy atom. The summed E-state index contributed by atoms with van der Waals surface area (Å²) in [5.74, 6) is -0.683. The Morgan fingerprint density at radius 1 is 1.05 bits per heavy atom. The van der Waals surface area contributed by atoms with Crippen molar-refractivity contribution in [2.45, 2.75) is 112 Å². The maximum atomic E-state index is 14.4. The Morgan fingerprint density at radius 3 is 2.32 bits per heavy atom. The number of hydrogen-bond acceptors (Lipinski definition) is 6. The maximum Gasteiger partial charge on any atom is 0.240 e. The smallest absolute Gasteiger partial charge is 0.240 e. The van der Waals surface area contributed by atoms with Gasteiger partial charge in [-0.3, -0.25) is 14.4 Å². The van der Waals surface area contributed by atoms with E-state index in [-0.39, 0.29) is 45.9 Å². The van der Waals surface area contributed by atoms with Crippen LogP contribution in [0.3, 0.4) is 0 Å². The molecule has 6 aliphatic rings. The predicted molar refractivity (Wildman–Crippen MR) is 140 cm³/mol. The zero-order valence-electron chi connectivity index (χ0n) is 24.2. The number of epoxide rings is 1. The van der Waals surface area contributed by atoms with Crippen LogP contribution in [-0.2, 0) is 19.1 Å². The summed E-state index contributed by atoms with van der Waals surface area (Å²) in [6, 6.07) is 2.22. The Labute approximate surface area is 226 Å². The van der Waals surface area contributed by atoms with Crippen molar-refractivity contribution in [1.82, 2.24) is 0 Å². The van der Waals surface area contributed by atoms with E-state index >= 15 is 0 Å². The largest absolute Gasteiger partial charge is 0.392 e. The van der Waals surface area contributed by atoms with Crippen LogP contribution in [0.2, 0.25) is 0 Å². The SMILES string of the molecule is CC(=O)[C@@]12CC[C@]3(C)[C@H](C(=O)C=C4[C@@]5(C)C6OC6(C#N)C(=O)C(C)(C)[C@@H]5CC[C@]43C)[C@@H]1CC(C)(C)CC2O. The first-order chi connectivity index (χ1) is 17.4. The Hall–Kier alpha value is -1.84. The van der Waals surface area contributed by atoms with Crippen molar-refractivity contribution in [3.63, 3.8) is 0 Å². The van der Waals surface area contributed by atoms with Crippen molar-refractivity contribution in [3.8, 4) is 6.07 Å². The molecule has 1 N–H and O–H groups in total. The zero-order valence-corrected chi connectivity index (χ0v) is 24.2. The zero-order chi connectivity index (χ0) is 28.1. The van der Waals surface area contributed by atoms with Crippen molar-refractivity contribution in [2.75, 3.05) is 0 Å². The highest BCUT2D eigenvalue weighted by Gasteiger charge is 2.82. The van der Waals surface area contributed by atoms with Gasteiger partial charge in [0.25, 0.3) is 0 Å². The quantitative estimate of drug-likeness (QED) is 0.488. The Kier molecular flexibility index (Phi) is 4.91. The predicted octanol–water partition coefficient (Wildman–Crippen LogP) is 4.98. The van der Waals surface area contributed by atoms with E-state index in [0.717, 1.165) is 24.8 Å². The maximum absolute atomic E-state index is 14.4. The highest BCUT2D eigenvalue weighted by atomic mass is 16.6. The molecule has 6 heteroatoms. The molecule has 0 bridgehead atoms. The van der Waals surface area contributed by atoms with E-state index in [1.807, 2.05) is 19.9 Å². The Balaban J connectivity index is 1.54. The minimum atomic E-state index is -1.43. The summed E-state index contributed by atoms with van der Waals surface area (Å²) in [6.07, 6.45) is 4.78. The van der Waals surface area contributed by atoms with E-state index in [1.54, 1.807) is 6.92 Å². The number of carbonyl (C=O) groups is 3. The minimum absolute atomic E-state index is 0.00803. The number of Topliss-reactive ketones (excluding diaryl/α,β-unsaturated/α-hetero) is 2. The number of ether oxygens (including phenoxy) is 1. The summed E-state index contributed by atoms with van der Waals surface area (Å²) in [5.41, 5.74) is -3.55. The molecule has 0 aromatic rings. The highest BCUT2D eigenvalue weighted by molar-refractivity contribution is 6.01. The first-order valence-electron chi connectivity index (χ1n) is 14.5. The fourth-order valence-electron chi connectivity index (χ4n) is 11.3. The summed E-state index contributed by atoms with van der Waals surface area (Å²) in [4.78, 5) is 41.2. The summed E-state index contributed by atoms with van der Waals surface area (Å²) < 4.78 is 6.07. The van der Waals surface area contributed by atoms with Crippen LogP contribution in [0.25, 0.3) is 0 Å². The molecule has 1 saturated heterocycles. The fourth-order valence-corrected chi connectivity index (χ4v) is 11.3. The Bertz CT molecular complexity index is 1260. The molecule has 10 atom stereocenters. The second-order valence-corrected chi connectivity index (χ2v) is 15.7. The molecule has 5 fully saturated rings. The van der Waals surface area contributed by atoms with Crippen LogP contribution in [0, 0.1) is 61.6 Å². The van der Waals surface area contributed by atoms with E-state index in [1.165, 1.54) is 0 Å². The van der Waals surface area contributed by atoms with Crippen LogP contribution < -0.4 is 0 Å². The average Bonchev–Trinajstić information content (AvgIpc) is 3.56. The standard InChI is InChI=1S/C32H43NO5/c1-17(34)31-12-11-29(7)23(18(31)14-26(2,3)15-22(31)36)19(35)13-21-28(29,6)10-9-20-27(4,5)24(37)32(16-33)25(38-32)30(20,21)8/h13,18,20,22-23,25,36H,9-12,14-15H2,1-8H3/t18-,20-,22?,23-,25?,28+,29+,30-,31-,32?/m0/s1. The third kappa shape index (κ3) is 2.60. The first-order valence-corrected chi connectivity index (χ1v) is 14.5. The number of fused-ring (bicyclic) bond motifs is 9. The number of allylic oxidation sites excluding steroid dienone is 1. The third-order valence-electron chi connectivity index (χ3n) is 13.4. The van der Waals surface area contributed by atoms with Gasteiger partial charge in [-0.25, -0.2) is 0 Å². The van der Waals surface area contributed by atoms with Gasteiger partial charge in [0.05, 0.1) is 11.5 Å². The first kappa shape index (κ1) is 26.4. The van der Waals surface area contributed by atoms with Gasteiger partial charge in [-0.05, 0) is 79.6 Å². The number of nitrogens with zero attached hydrogens (tertiary/aromatic N) is 1. The third-order valence-corrected chi connectivity index (χ3v) is 13.4. The number of hydrogen-bond donors (Lipinski definition) is 1. The lowest BCUT2D eigenvalue weighted by Crippen LogP contribution is -2.69. The fraction of sp³-hybridized carbons (Fsp3) is 0.812. The summed E-state index contributed by atoms with van der Waals surface area (Å²) in [6.45, 7) is 16.4. The molecular weight excluding hydrogens is 478 g/mol. The van der Waals surface area contributed by atoms with Gasteiger partial charge in [0.1, 0.15) is 18.0 Å². The van der Waals surface area contributed by atoms with Crippen LogP contribution in [0.1, 0.15) is 93.9 Å². The van der Waals surface area contributed by atoms with Gasteiger partial charge in [0, 0.05) is 16.7 Å². The van der Waals surface area contributed by atoms with Crippen molar-refractivity contribution >= 4 is 17.3 Å². The second-order valence-electron chi connectivity index (χ2n) is 15.7. The molecule has 4 saturated carbocycles. The van der Waals surface area contributed by atoms with Crippen LogP contribution >= 0.6 is 0 Å². The van der Waals surface area contributed by atoms with E-state index in [9.17, 15) is 24.8 Å². The number of aliphatic hydroxyl groups excluding tert-OH is 1. The highest BCUT2D eigenvalue weighted by Crippen LogP contribution is 2.77. The van der Waals surface area contributed by atoms with E-state index in [4.69, 9.17) is 4.74 Å². The van der Waals surface area contributed by atoms with E-state index in [2.05, 4.69) is 40.7 Å². The van der Waals surface area contributed by atoms with Gasteiger partial charge in [0.2, 0.25) is 5.60 Å². The number of ketones is 3. The molecular formula is C32H43NO5. The van der Waals surface area contributed by atoms with E-state index in [0.29, 0.717) is 19.3 Å². The van der Waals surface area contributed by atoms with Crippen molar-refractivity contribution < 1.29 is 24.2 Å². The molecule has 0 aromatic carbocycles. The molecule has 38 heavy (non-hydrogen) atoms. The molecule has 0 amide bonds. The van der Waals surface area contributed by atoms with Gasteiger partial charge in [0.15, 0.2) is 11.6 Å². The van der Waals surface area contributed by atoms with Gasteiger partial charge in [-0.1, -0.05) is 54.0 Å². The number of aliphatic hydroxyl groups is 1. The topological polar surface area (TPSA) is 108 Å². The second kappa shape index (κ2) is 7.07. The summed E-state index contributed by atoms with van der Waals surface area (Å²) >= 11 is 0. The monoisotopic (exact) mass is 521 g/mol. The molecule has 6 rings (SSSR count). The molecule has 5 aliphatic carbocycles. The lowest BCUT2D eigenvalue weighted by atomic mass is 9.33. The summed E-state index contributed by atoms with van der Waals surface area (Å²) in [7, 11) is 0. The van der Waals surface area contributed by atoms with Crippen molar-refractivity contribution in [2.24, 2.45) is 50.2 Å². The van der Waals surface area contributed by atoms with E-state index < -0.39 is 39.5 Å². The molecule has 1 aliphatic heterocycles. The molecule has 0 aromatic heterocycles. The van der Waals surface area contributed by atoms with Gasteiger partial charge < -0.3 is 9.84 Å². The van der Waals surface area contributed by atoms with Crippen LogP contribution in [-0.4, -0.2) is 40.3 Å². The number of carbonyl (C=O) groups excluding carboxylic acids is 3. The normalized spacial score (nSPS) is 53.7. The van der Waals surface area contributed by atoms with Crippen LogP contribution in [0.15, 0.2) is 11.6 Å². The van der Waals surface area contributed by atoms with Crippen LogP contribution in [0.4, 0.5) is 0 Å². The van der Waals surface area contributed by atoms with Gasteiger partial charge >= 0.3 is 0 Å². The molecule has 206 valence electrons. The molecule has 0 radical (unpaired) electrons. The molecule has 6 nitrogen and oxygen atoms in total. The van der Waals surface area contributed by atoms with Crippen molar-refractivity contribution in [3.05, 3.63) is 11.6 Å². The van der Waals surface area contributed by atoms with Gasteiger partial charge in [-0.15, -0.1) is 0 Å². The minimum Gasteiger partial charge on any atom is -0.392 e. The molecule has 3 unspecified atom stereocenters. The number of nitriles is 1. The molecule has 1 heterocycles. The van der Waals surface area contributed by atoms with Crippen LogP contribution in [0.5, 0.6) is 0 Å². The van der Waals surface area contributed by atoms with Crippen molar-refractivity contribution in [1.29, 1.82) is 5.26 Å². The average molecular weight is 522 g/mol. The lowest BCUT2D eigenvalue weighted by Gasteiger charge is -2.69. The summed E-state index contributed by atoms with van der Waals surface area (Å²) in [5, 5.41) is 21.6. The van der Waals surface area contributed by atoms with Gasteiger partial charge in [-0.2, -0.15) is 5.26 Å².